The predicted molar refractivity (Wildman–Crippen MR) is 101 cm³/mol. The summed E-state index contributed by atoms with van der Waals surface area (Å²) in [5.74, 6) is -0.918. The van der Waals surface area contributed by atoms with E-state index in [4.69, 9.17) is 5.11 Å². The molecule has 0 radical (unpaired) electrons. The monoisotopic (exact) mass is 355 g/mol. The number of amides is 1. The van der Waals surface area contributed by atoms with Crippen molar-refractivity contribution in [2.24, 2.45) is 0 Å². The number of aliphatic carboxylic acids is 1. The Morgan fingerprint density at radius 3 is 2.42 bits per heavy atom. The summed E-state index contributed by atoms with van der Waals surface area (Å²) in [5.41, 5.74) is 1.31. The summed E-state index contributed by atoms with van der Waals surface area (Å²) < 4.78 is 0. The lowest BCUT2D eigenvalue weighted by molar-refractivity contribution is -0.139. The average molecular weight is 355 g/mol. The van der Waals surface area contributed by atoms with E-state index >= 15 is 0 Å². The molecule has 0 atom stereocenters. The summed E-state index contributed by atoms with van der Waals surface area (Å²) in [6, 6.07) is 14.8. The number of likely N-dealkylation sites (N-methyl/N-ethyl adjacent to an activating group) is 1. The Morgan fingerprint density at radius 1 is 1.00 bits per heavy atom. The maximum Gasteiger partial charge on any atom is 0.317 e. The van der Waals surface area contributed by atoms with Crippen molar-refractivity contribution in [3.05, 3.63) is 48.0 Å². The van der Waals surface area contributed by atoms with Crippen LogP contribution in [0.15, 0.2) is 42.5 Å². The molecule has 138 valence electrons. The first-order valence-electron chi connectivity index (χ1n) is 8.90. The predicted octanol–water partition coefficient (Wildman–Crippen LogP) is 1.50. The number of hydrogen-bond acceptors (Lipinski definition) is 4. The highest BCUT2D eigenvalue weighted by Crippen LogP contribution is 2.20. The highest BCUT2D eigenvalue weighted by atomic mass is 16.4. The summed E-state index contributed by atoms with van der Waals surface area (Å²) >= 11 is 0. The van der Waals surface area contributed by atoms with Gasteiger partial charge < -0.3 is 10.0 Å². The zero-order valence-corrected chi connectivity index (χ0v) is 15.1. The van der Waals surface area contributed by atoms with Gasteiger partial charge in [-0.25, -0.2) is 0 Å². The summed E-state index contributed by atoms with van der Waals surface area (Å²) in [5, 5.41) is 11.3. The van der Waals surface area contributed by atoms with E-state index in [1.807, 2.05) is 4.90 Å². The minimum Gasteiger partial charge on any atom is -0.480 e. The number of carbonyl (C=O) groups excluding carboxylic acids is 1. The van der Waals surface area contributed by atoms with Crippen molar-refractivity contribution in [2.45, 2.75) is 6.54 Å². The number of carboxylic acids is 1. The summed E-state index contributed by atoms with van der Waals surface area (Å²) in [6.45, 7) is 3.94. The minimum absolute atomic E-state index is 0.00133. The first kappa shape index (κ1) is 18.4. The van der Waals surface area contributed by atoms with Gasteiger partial charge in [-0.05, 0) is 23.4 Å². The zero-order chi connectivity index (χ0) is 18.5. The van der Waals surface area contributed by atoms with Crippen molar-refractivity contribution in [1.82, 2.24) is 14.7 Å². The Balaban J connectivity index is 1.54. The smallest absolute Gasteiger partial charge is 0.317 e. The molecule has 0 aromatic heterocycles. The van der Waals surface area contributed by atoms with E-state index < -0.39 is 5.97 Å². The fraction of sp³-hybridized carbons (Fsp3) is 0.400. The molecule has 1 saturated heterocycles. The van der Waals surface area contributed by atoms with E-state index in [-0.39, 0.29) is 19.0 Å². The van der Waals surface area contributed by atoms with Crippen LogP contribution in [0.25, 0.3) is 10.8 Å². The highest BCUT2D eigenvalue weighted by Gasteiger charge is 2.22. The van der Waals surface area contributed by atoms with Crippen molar-refractivity contribution in [1.29, 1.82) is 0 Å². The lowest BCUT2D eigenvalue weighted by Crippen LogP contribution is -2.50. The molecule has 1 amide bonds. The molecule has 0 unspecified atom stereocenters. The maximum atomic E-state index is 12.3. The molecule has 26 heavy (non-hydrogen) atoms. The van der Waals surface area contributed by atoms with Gasteiger partial charge >= 0.3 is 5.97 Å². The number of fused-ring (bicyclic) bond motifs is 1. The van der Waals surface area contributed by atoms with Crippen molar-refractivity contribution < 1.29 is 14.7 Å². The van der Waals surface area contributed by atoms with Crippen molar-refractivity contribution >= 4 is 22.6 Å². The Morgan fingerprint density at radius 2 is 1.69 bits per heavy atom. The molecule has 1 aliphatic rings. The SMILES string of the molecule is CN(CC(=O)O)CC(=O)N1CCN(Cc2cccc3ccccc23)CC1. The van der Waals surface area contributed by atoms with E-state index in [9.17, 15) is 9.59 Å². The minimum atomic E-state index is -0.916. The number of carbonyl (C=O) groups is 2. The van der Waals surface area contributed by atoms with E-state index in [1.54, 1.807) is 7.05 Å². The van der Waals surface area contributed by atoms with Gasteiger partial charge in [0.1, 0.15) is 0 Å². The molecule has 1 fully saturated rings. The van der Waals surface area contributed by atoms with Crippen LogP contribution in [0.5, 0.6) is 0 Å². The number of nitrogens with zero attached hydrogens (tertiary/aromatic N) is 3. The maximum absolute atomic E-state index is 12.3. The Bertz CT molecular complexity index is 779. The Kier molecular flexibility index (Phi) is 5.85. The lowest BCUT2D eigenvalue weighted by Gasteiger charge is -2.35. The summed E-state index contributed by atoms with van der Waals surface area (Å²) in [6.07, 6.45) is 0. The van der Waals surface area contributed by atoms with Crippen LogP contribution in [-0.4, -0.2) is 78.0 Å². The second-order valence-corrected chi connectivity index (χ2v) is 6.86. The molecule has 6 nitrogen and oxygen atoms in total. The van der Waals surface area contributed by atoms with Crippen LogP contribution in [0.2, 0.25) is 0 Å². The van der Waals surface area contributed by atoms with Crippen LogP contribution in [0.4, 0.5) is 0 Å². The normalized spacial score (nSPS) is 15.5. The molecule has 0 spiro atoms. The second-order valence-electron chi connectivity index (χ2n) is 6.86. The van der Waals surface area contributed by atoms with Gasteiger partial charge in [-0.1, -0.05) is 42.5 Å². The molecular formula is C20H25N3O3. The quantitative estimate of drug-likeness (QED) is 0.851. The summed E-state index contributed by atoms with van der Waals surface area (Å²) in [4.78, 5) is 28.7. The third kappa shape index (κ3) is 4.59. The molecule has 2 aromatic carbocycles. The number of piperazine rings is 1. The largest absolute Gasteiger partial charge is 0.480 e. The topological polar surface area (TPSA) is 64.1 Å². The van der Waals surface area contributed by atoms with Gasteiger partial charge in [0.25, 0.3) is 0 Å². The molecule has 6 heteroatoms. The lowest BCUT2D eigenvalue weighted by atomic mass is 10.0. The summed E-state index contributed by atoms with van der Waals surface area (Å²) in [7, 11) is 1.66. The van der Waals surface area contributed by atoms with Crippen molar-refractivity contribution in [2.75, 3.05) is 46.3 Å². The van der Waals surface area contributed by atoms with Crippen LogP contribution in [0.1, 0.15) is 5.56 Å². The molecule has 0 saturated carbocycles. The standard InChI is InChI=1S/C20H25N3O3/c1-21(15-20(25)26)14-19(24)23-11-9-22(10-12-23)13-17-7-4-6-16-5-2-3-8-18(16)17/h2-8H,9-15H2,1H3,(H,25,26). The fourth-order valence-electron chi connectivity index (χ4n) is 3.44. The number of hydrogen-bond donors (Lipinski definition) is 1. The zero-order valence-electron chi connectivity index (χ0n) is 15.1. The van der Waals surface area contributed by atoms with E-state index in [1.165, 1.54) is 21.2 Å². The van der Waals surface area contributed by atoms with E-state index in [2.05, 4.69) is 47.4 Å². The van der Waals surface area contributed by atoms with Gasteiger partial charge in [0.05, 0.1) is 13.1 Å². The van der Waals surface area contributed by atoms with Gasteiger partial charge in [-0.15, -0.1) is 0 Å². The Hall–Kier alpha value is -2.44. The molecule has 1 heterocycles. The van der Waals surface area contributed by atoms with Gasteiger partial charge in [0, 0.05) is 32.7 Å². The molecule has 3 rings (SSSR count). The molecule has 1 N–H and O–H groups in total. The number of rotatable bonds is 6. The van der Waals surface area contributed by atoms with Crippen LogP contribution in [-0.2, 0) is 16.1 Å². The number of benzene rings is 2. The van der Waals surface area contributed by atoms with Gasteiger partial charge in [0.2, 0.25) is 5.91 Å². The van der Waals surface area contributed by atoms with Gasteiger partial charge in [-0.2, -0.15) is 0 Å². The third-order valence-corrected chi connectivity index (χ3v) is 4.81. The average Bonchev–Trinajstić information content (AvgIpc) is 2.62. The molecular weight excluding hydrogens is 330 g/mol. The fourth-order valence-corrected chi connectivity index (χ4v) is 3.44. The van der Waals surface area contributed by atoms with Crippen molar-refractivity contribution in [3.8, 4) is 0 Å². The highest BCUT2D eigenvalue weighted by molar-refractivity contribution is 5.85. The number of carboxylic acid groups (broad SMARTS) is 1. The third-order valence-electron chi connectivity index (χ3n) is 4.81. The Labute approximate surface area is 153 Å². The van der Waals surface area contributed by atoms with Crippen LogP contribution in [0.3, 0.4) is 0 Å². The molecule has 0 aliphatic carbocycles. The van der Waals surface area contributed by atoms with Crippen LogP contribution in [0, 0.1) is 0 Å². The van der Waals surface area contributed by atoms with Crippen molar-refractivity contribution in [3.63, 3.8) is 0 Å². The first-order valence-corrected chi connectivity index (χ1v) is 8.90. The van der Waals surface area contributed by atoms with Gasteiger partial charge in [-0.3, -0.25) is 19.4 Å². The van der Waals surface area contributed by atoms with E-state index in [0.29, 0.717) is 13.1 Å². The van der Waals surface area contributed by atoms with E-state index in [0.717, 1.165) is 19.6 Å². The molecule has 0 bridgehead atoms. The van der Waals surface area contributed by atoms with Gasteiger partial charge in [0.15, 0.2) is 0 Å². The molecule has 1 aliphatic heterocycles. The first-order chi connectivity index (χ1) is 12.5. The van der Waals surface area contributed by atoms with Crippen LogP contribution < -0.4 is 0 Å². The molecule has 2 aromatic rings. The van der Waals surface area contributed by atoms with Crippen LogP contribution >= 0.6 is 0 Å². The second kappa shape index (κ2) is 8.29.